The SMILES string of the molecule is CCCN(OCCNC(=O)OC(C)C)C(=O)C1=Cc2sc(CC3CNC3)cc2N=C(N)C1. The molecule has 0 aliphatic carbocycles. The van der Waals surface area contributed by atoms with Gasteiger partial charge in [0, 0.05) is 30.0 Å². The van der Waals surface area contributed by atoms with E-state index in [1.807, 2.05) is 13.0 Å². The number of rotatable bonds is 10. The first-order valence-electron chi connectivity index (χ1n) is 11.1. The summed E-state index contributed by atoms with van der Waals surface area (Å²) in [4.78, 5) is 37.2. The second-order valence-electron chi connectivity index (χ2n) is 8.26. The van der Waals surface area contributed by atoms with Crippen molar-refractivity contribution in [3.63, 3.8) is 0 Å². The molecule has 1 saturated heterocycles. The number of carbonyl (C=O) groups excluding carboxylic acids is 2. The van der Waals surface area contributed by atoms with E-state index in [-0.39, 0.29) is 31.6 Å². The van der Waals surface area contributed by atoms with Crippen molar-refractivity contribution in [2.75, 3.05) is 32.8 Å². The molecule has 0 atom stereocenters. The lowest BCUT2D eigenvalue weighted by Crippen LogP contribution is -2.42. The lowest BCUT2D eigenvalue weighted by Gasteiger charge is -2.26. The van der Waals surface area contributed by atoms with Gasteiger partial charge in [0.15, 0.2) is 0 Å². The molecule has 176 valence electrons. The predicted molar refractivity (Wildman–Crippen MR) is 126 cm³/mol. The number of thiophene rings is 1. The molecule has 32 heavy (non-hydrogen) atoms. The quantitative estimate of drug-likeness (QED) is 0.363. The fourth-order valence-corrected chi connectivity index (χ4v) is 4.59. The number of alkyl carbamates (subject to hydrolysis) is 1. The largest absolute Gasteiger partial charge is 0.447 e. The highest BCUT2D eigenvalue weighted by Crippen LogP contribution is 2.36. The number of nitrogens with one attached hydrogen (secondary N) is 2. The normalized spacial score (nSPS) is 15.9. The van der Waals surface area contributed by atoms with Gasteiger partial charge >= 0.3 is 6.09 Å². The van der Waals surface area contributed by atoms with Crippen molar-refractivity contribution >= 4 is 40.9 Å². The molecule has 2 amide bonds. The van der Waals surface area contributed by atoms with Crippen molar-refractivity contribution in [1.29, 1.82) is 0 Å². The second-order valence-corrected chi connectivity index (χ2v) is 9.43. The molecule has 0 aromatic carbocycles. The summed E-state index contributed by atoms with van der Waals surface area (Å²) in [5, 5.41) is 7.24. The zero-order valence-electron chi connectivity index (χ0n) is 19.0. The summed E-state index contributed by atoms with van der Waals surface area (Å²) in [5.74, 6) is 0.830. The van der Waals surface area contributed by atoms with Crippen molar-refractivity contribution in [3.05, 3.63) is 21.4 Å². The Morgan fingerprint density at radius 2 is 2.19 bits per heavy atom. The molecule has 1 fully saturated rings. The van der Waals surface area contributed by atoms with Gasteiger partial charge in [-0.2, -0.15) is 0 Å². The number of amides is 2. The van der Waals surface area contributed by atoms with Crippen molar-refractivity contribution in [2.45, 2.75) is 46.1 Å². The first kappa shape index (κ1) is 24.2. The number of hydrogen-bond acceptors (Lipinski definition) is 8. The van der Waals surface area contributed by atoms with E-state index >= 15 is 0 Å². The van der Waals surface area contributed by atoms with Gasteiger partial charge in [-0.05, 0) is 57.8 Å². The minimum absolute atomic E-state index is 0.152. The molecule has 0 spiro atoms. The highest BCUT2D eigenvalue weighted by molar-refractivity contribution is 7.13. The molecule has 0 radical (unpaired) electrons. The minimum Gasteiger partial charge on any atom is -0.447 e. The van der Waals surface area contributed by atoms with E-state index in [9.17, 15) is 9.59 Å². The number of carbonyl (C=O) groups is 2. The van der Waals surface area contributed by atoms with Crippen LogP contribution in [0.2, 0.25) is 0 Å². The number of nitrogens with zero attached hydrogens (tertiary/aromatic N) is 2. The van der Waals surface area contributed by atoms with Gasteiger partial charge in [-0.15, -0.1) is 11.3 Å². The summed E-state index contributed by atoms with van der Waals surface area (Å²) in [6.07, 6.45) is 3.19. The Kier molecular flexibility index (Phi) is 8.66. The topological polar surface area (TPSA) is 118 Å². The number of amidine groups is 1. The van der Waals surface area contributed by atoms with Crippen molar-refractivity contribution < 1.29 is 19.2 Å². The van der Waals surface area contributed by atoms with Gasteiger partial charge in [-0.25, -0.2) is 14.9 Å². The fourth-order valence-electron chi connectivity index (χ4n) is 3.40. The van der Waals surface area contributed by atoms with Gasteiger partial charge in [0.05, 0.1) is 23.3 Å². The summed E-state index contributed by atoms with van der Waals surface area (Å²) < 4.78 is 5.02. The van der Waals surface area contributed by atoms with Crippen LogP contribution in [0.1, 0.15) is 43.4 Å². The van der Waals surface area contributed by atoms with Gasteiger partial charge in [0.1, 0.15) is 5.84 Å². The fraction of sp³-hybridized carbons (Fsp3) is 0.591. The van der Waals surface area contributed by atoms with Gasteiger partial charge in [-0.1, -0.05) is 6.92 Å². The van der Waals surface area contributed by atoms with Crippen LogP contribution in [-0.2, 0) is 20.8 Å². The maximum atomic E-state index is 13.2. The van der Waals surface area contributed by atoms with Crippen LogP contribution in [0.15, 0.2) is 16.6 Å². The Morgan fingerprint density at radius 3 is 2.84 bits per heavy atom. The number of hydroxylamine groups is 2. The molecule has 1 aromatic heterocycles. The molecule has 3 rings (SSSR count). The summed E-state index contributed by atoms with van der Waals surface area (Å²) in [6, 6.07) is 2.08. The Hall–Kier alpha value is -2.43. The van der Waals surface area contributed by atoms with E-state index in [4.69, 9.17) is 15.3 Å². The van der Waals surface area contributed by atoms with Gasteiger partial charge in [0.2, 0.25) is 0 Å². The Morgan fingerprint density at radius 1 is 1.41 bits per heavy atom. The number of aliphatic imine (C=N–C) groups is 1. The maximum absolute atomic E-state index is 13.2. The Bertz CT molecular complexity index is 876. The Balaban J connectivity index is 1.64. The molecule has 1 aromatic rings. The smallest absolute Gasteiger partial charge is 0.407 e. The lowest BCUT2D eigenvalue weighted by molar-refractivity contribution is -0.181. The lowest BCUT2D eigenvalue weighted by atomic mass is 9.98. The van der Waals surface area contributed by atoms with Crippen LogP contribution in [-0.4, -0.2) is 61.8 Å². The van der Waals surface area contributed by atoms with Gasteiger partial charge in [-0.3, -0.25) is 9.63 Å². The van der Waals surface area contributed by atoms with Crippen molar-refractivity contribution in [2.24, 2.45) is 16.6 Å². The number of ether oxygens (including phenoxy) is 1. The molecule has 0 bridgehead atoms. The molecular weight excluding hydrogens is 430 g/mol. The third-order valence-corrected chi connectivity index (χ3v) is 6.07. The van der Waals surface area contributed by atoms with Crippen LogP contribution in [0, 0.1) is 5.92 Å². The first-order chi connectivity index (χ1) is 15.4. The third-order valence-electron chi connectivity index (χ3n) is 4.98. The molecule has 2 aliphatic heterocycles. The standard InChI is InChI=1S/C22H33N5O4S/c1-4-6-27(30-7-5-25-22(29)31-14(2)3)21(28)16-9-19-18(26-20(23)10-16)11-17(32-19)8-15-12-24-13-15/h9,11,14-15,24H,4-8,10,12-13H2,1-3H3,(H2,23,26)(H,25,29). The maximum Gasteiger partial charge on any atom is 0.407 e. The minimum atomic E-state index is -0.508. The molecule has 10 heteroatoms. The average molecular weight is 464 g/mol. The van der Waals surface area contributed by atoms with Crippen LogP contribution >= 0.6 is 11.3 Å². The van der Waals surface area contributed by atoms with E-state index in [2.05, 4.69) is 21.7 Å². The van der Waals surface area contributed by atoms with Crippen LogP contribution in [0.25, 0.3) is 6.08 Å². The molecule has 0 unspecified atom stereocenters. The van der Waals surface area contributed by atoms with Crippen LogP contribution in [0.4, 0.5) is 10.5 Å². The molecule has 3 heterocycles. The van der Waals surface area contributed by atoms with Gasteiger partial charge < -0.3 is 21.1 Å². The average Bonchev–Trinajstić information content (AvgIpc) is 2.98. The molecule has 4 N–H and O–H groups in total. The summed E-state index contributed by atoms with van der Waals surface area (Å²) in [5.41, 5.74) is 7.50. The number of fused-ring (bicyclic) bond motifs is 1. The second kappa shape index (κ2) is 11.4. The molecule has 0 saturated carbocycles. The summed E-state index contributed by atoms with van der Waals surface area (Å²) in [7, 11) is 0. The number of nitrogens with two attached hydrogens (primary N) is 1. The van der Waals surface area contributed by atoms with Crippen LogP contribution < -0.4 is 16.4 Å². The van der Waals surface area contributed by atoms with E-state index in [0.717, 1.165) is 36.5 Å². The predicted octanol–water partition coefficient (Wildman–Crippen LogP) is 2.59. The highest BCUT2D eigenvalue weighted by atomic mass is 32.1. The van der Waals surface area contributed by atoms with E-state index in [1.54, 1.807) is 25.2 Å². The molecule has 9 nitrogen and oxygen atoms in total. The first-order valence-corrected chi connectivity index (χ1v) is 11.9. The monoisotopic (exact) mass is 463 g/mol. The molecular formula is C22H33N5O4S. The van der Waals surface area contributed by atoms with E-state index < -0.39 is 6.09 Å². The highest BCUT2D eigenvalue weighted by Gasteiger charge is 2.24. The zero-order chi connectivity index (χ0) is 23.1. The van der Waals surface area contributed by atoms with E-state index in [0.29, 0.717) is 23.9 Å². The van der Waals surface area contributed by atoms with Crippen LogP contribution in [0.3, 0.4) is 0 Å². The Labute approximate surface area is 193 Å². The molecule has 2 aliphatic rings. The summed E-state index contributed by atoms with van der Waals surface area (Å²) >= 11 is 1.66. The van der Waals surface area contributed by atoms with Crippen molar-refractivity contribution in [1.82, 2.24) is 15.7 Å². The van der Waals surface area contributed by atoms with Crippen molar-refractivity contribution in [3.8, 4) is 0 Å². The van der Waals surface area contributed by atoms with Gasteiger partial charge in [0.25, 0.3) is 5.91 Å². The summed E-state index contributed by atoms with van der Waals surface area (Å²) in [6.45, 7) is 8.43. The third kappa shape index (κ3) is 6.78. The zero-order valence-corrected chi connectivity index (χ0v) is 19.8. The van der Waals surface area contributed by atoms with Crippen LogP contribution in [0.5, 0.6) is 0 Å². The number of hydrogen-bond donors (Lipinski definition) is 3. The van der Waals surface area contributed by atoms with E-state index in [1.165, 1.54) is 9.94 Å².